The Labute approximate surface area is 90.9 Å². The molecule has 0 aliphatic carbocycles. The van der Waals surface area contributed by atoms with Crippen LogP contribution < -0.4 is 4.74 Å². The minimum absolute atomic E-state index is 0.583. The van der Waals surface area contributed by atoms with Crippen LogP contribution in [0, 0.1) is 11.8 Å². The van der Waals surface area contributed by atoms with Crippen LogP contribution >= 0.6 is 12.6 Å². The molecule has 1 aromatic carbocycles. The molecule has 74 valence electrons. The predicted molar refractivity (Wildman–Crippen MR) is 63.0 cm³/mol. The van der Waals surface area contributed by atoms with Crippen molar-refractivity contribution < 1.29 is 4.74 Å². The molecule has 0 saturated carbocycles. The van der Waals surface area contributed by atoms with Crippen molar-refractivity contribution in [3.8, 4) is 17.6 Å². The van der Waals surface area contributed by atoms with Gasteiger partial charge in [-0.15, -0.1) is 0 Å². The lowest BCUT2D eigenvalue weighted by Gasteiger charge is -2.03. The van der Waals surface area contributed by atoms with Gasteiger partial charge in [0, 0.05) is 5.56 Å². The average Bonchev–Trinajstić information content (AvgIpc) is 2.24. The van der Waals surface area contributed by atoms with Crippen molar-refractivity contribution in [3.05, 3.63) is 29.8 Å². The Bertz CT molecular complexity index is 336. The zero-order valence-corrected chi connectivity index (χ0v) is 9.18. The van der Waals surface area contributed by atoms with Crippen LogP contribution in [0.15, 0.2) is 24.3 Å². The van der Waals surface area contributed by atoms with Gasteiger partial charge in [0.05, 0.1) is 12.4 Å². The second-order valence-electron chi connectivity index (χ2n) is 2.84. The molecule has 0 N–H and O–H groups in total. The molecular formula is C12H14OS. The highest BCUT2D eigenvalue weighted by Gasteiger charge is 1.92. The Morgan fingerprint density at radius 3 is 3.00 bits per heavy atom. The summed E-state index contributed by atoms with van der Waals surface area (Å²) >= 11 is 4.03. The molecule has 0 radical (unpaired) electrons. The highest BCUT2D eigenvalue weighted by Crippen LogP contribution is 2.12. The zero-order valence-electron chi connectivity index (χ0n) is 8.29. The normalized spacial score (nSPS) is 9.00. The molecule has 14 heavy (non-hydrogen) atoms. The first-order chi connectivity index (χ1) is 6.86. The fourth-order valence-electron chi connectivity index (χ4n) is 1.03. The molecule has 0 atom stereocenters. The molecule has 0 unspecified atom stereocenters. The monoisotopic (exact) mass is 206 g/mol. The third kappa shape index (κ3) is 3.76. The van der Waals surface area contributed by atoms with Crippen molar-refractivity contribution in [2.45, 2.75) is 13.3 Å². The van der Waals surface area contributed by atoms with Crippen LogP contribution in [-0.2, 0) is 0 Å². The Hall–Kier alpha value is -1.07. The number of benzene rings is 1. The fraction of sp³-hybridized carbons (Fsp3) is 0.333. The lowest BCUT2D eigenvalue weighted by atomic mass is 10.2. The van der Waals surface area contributed by atoms with E-state index in [4.69, 9.17) is 4.74 Å². The van der Waals surface area contributed by atoms with Gasteiger partial charge in [0.1, 0.15) is 5.75 Å². The van der Waals surface area contributed by atoms with Crippen LogP contribution in [0.5, 0.6) is 5.75 Å². The number of hydrogen-bond donors (Lipinski definition) is 1. The van der Waals surface area contributed by atoms with Gasteiger partial charge < -0.3 is 4.74 Å². The van der Waals surface area contributed by atoms with Gasteiger partial charge in [0.15, 0.2) is 0 Å². The largest absolute Gasteiger partial charge is 0.494 e. The quantitative estimate of drug-likeness (QED) is 0.591. The van der Waals surface area contributed by atoms with E-state index in [0.29, 0.717) is 5.75 Å². The highest BCUT2D eigenvalue weighted by molar-refractivity contribution is 7.80. The molecule has 0 bridgehead atoms. The highest BCUT2D eigenvalue weighted by atomic mass is 32.1. The van der Waals surface area contributed by atoms with E-state index in [1.165, 1.54) is 0 Å². The second kappa shape index (κ2) is 6.39. The first-order valence-corrected chi connectivity index (χ1v) is 5.32. The first kappa shape index (κ1) is 11.0. The number of ether oxygens (including phenoxy) is 1. The van der Waals surface area contributed by atoms with E-state index < -0.39 is 0 Å². The van der Waals surface area contributed by atoms with E-state index in [9.17, 15) is 0 Å². The van der Waals surface area contributed by atoms with Crippen molar-refractivity contribution in [2.75, 3.05) is 12.4 Å². The summed E-state index contributed by atoms with van der Waals surface area (Å²) < 4.78 is 5.49. The molecule has 0 heterocycles. The van der Waals surface area contributed by atoms with Crippen LogP contribution in [0.3, 0.4) is 0 Å². The van der Waals surface area contributed by atoms with Crippen LogP contribution in [0.4, 0.5) is 0 Å². The summed E-state index contributed by atoms with van der Waals surface area (Å²) in [7, 11) is 0. The molecule has 0 fully saturated rings. The van der Waals surface area contributed by atoms with Crippen molar-refractivity contribution in [1.29, 1.82) is 0 Å². The molecule has 0 aliphatic rings. The summed E-state index contributed by atoms with van der Waals surface area (Å²) in [5.41, 5.74) is 0.979. The van der Waals surface area contributed by atoms with Crippen molar-refractivity contribution >= 4 is 12.6 Å². The molecule has 1 nitrogen and oxygen atoms in total. The van der Waals surface area contributed by atoms with Gasteiger partial charge in [0.2, 0.25) is 0 Å². The average molecular weight is 206 g/mol. The van der Waals surface area contributed by atoms with E-state index in [1.807, 2.05) is 24.3 Å². The van der Waals surface area contributed by atoms with Crippen molar-refractivity contribution in [3.63, 3.8) is 0 Å². The topological polar surface area (TPSA) is 9.23 Å². The molecule has 0 aromatic heterocycles. The molecule has 1 rings (SSSR count). The lowest BCUT2D eigenvalue weighted by Crippen LogP contribution is -1.94. The summed E-state index contributed by atoms with van der Waals surface area (Å²) in [5.74, 6) is 7.38. The van der Waals surface area contributed by atoms with Gasteiger partial charge in [-0.1, -0.05) is 24.8 Å². The Morgan fingerprint density at radius 1 is 1.43 bits per heavy atom. The van der Waals surface area contributed by atoms with Gasteiger partial charge in [-0.2, -0.15) is 12.6 Å². The molecule has 1 aromatic rings. The zero-order chi connectivity index (χ0) is 10.2. The summed E-state index contributed by atoms with van der Waals surface area (Å²) in [6.45, 7) is 2.84. The van der Waals surface area contributed by atoms with Gasteiger partial charge in [-0.3, -0.25) is 0 Å². The summed E-state index contributed by atoms with van der Waals surface area (Å²) in [6.07, 6.45) is 1.02. The molecule has 2 heteroatoms. The summed E-state index contributed by atoms with van der Waals surface area (Å²) in [5, 5.41) is 0. The third-order valence-corrected chi connectivity index (χ3v) is 1.78. The lowest BCUT2D eigenvalue weighted by molar-refractivity contribution is 0.317. The number of rotatable bonds is 3. The third-order valence-electron chi connectivity index (χ3n) is 1.62. The molecule has 0 aliphatic heterocycles. The van der Waals surface area contributed by atoms with Crippen LogP contribution in [0.1, 0.15) is 18.9 Å². The molecule has 0 spiro atoms. The number of thiol groups is 1. The minimum Gasteiger partial charge on any atom is -0.494 e. The van der Waals surface area contributed by atoms with Crippen LogP contribution in [0.25, 0.3) is 0 Å². The number of hydrogen-bond acceptors (Lipinski definition) is 2. The maximum Gasteiger partial charge on any atom is 0.120 e. The van der Waals surface area contributed by atoms with E-state index in [0.717, 1.165) is 24.3 Å². The molecule has 0 saturated heterocycles. The Kier molecular flexibility index (Phi) is 5.03. The summed E-state index contributed by atoms with van der Waals surface area (Å²) in [6, 6.07) is 7.82. The van der Waals surface area contributed by atoms with Gasteiger partial charge in [0.25, 0.3) is 0 Å². The van der Waals surface area contributed by atoms with Gasteiger partial charge >= 0.3 is 0 Å². The molecular weight excluding hydrogens is 192 g/mol. The fourth-order valence-corrected chi connectivity index (χ4v) is 1.10. The minimum atomic E-state index is 0.583. The smallest absolute Gasteiger partial charge is 0.120 e. The summed E-state index contributed by atoms with van der Waals surface area (Å²) in [4.78, 5) is 0. The van der Waals surface area contributed by atoms with E-state index in [2.05, 4.69) is 31.4 Å². The SMILES string of the molecule is CCCOc1cccc(C#CCS)c1. The predicted octanol–water partition coefficient (Wildman–Crippen LogP) is 2.76. The van der Waals surface area contributed by atoms with Gasteiger partial charge in [-0.25, -0.2) is 0 Å². The molecule has 0 amide bonds. The Morgan fingerprint density at radius 2 is 2.29 bits per heavy atom. The van der Waals surface area contributed by atoms with E-state index in [-0.39, 0.29) is 0 Å². The first-order valence-electron chi connectivity index (χ1n) is 4.69. The van der Waals surface area contributed by atoms with Crippen LogP contribution in [0.2, 0.25) is 0 Å². The van der Waals surface area contributed by atoms with E-state index >= 15 is 0 Å². The van der Waals surface area contributed by atoms with Gasteiger partial charge in [-0.05, 0) is 24.6 Å². The van der Waals surface area contributed by atoms with E-state index in [1.54, 1.807) is 0 Å². The van der Waals surface area contributed by atoms with Crippen molar-refractivity contribution in [2.24, 2.45) is 0 Å². The maximum atomic E-state index is 5.49. The van der Waals surface area contributed by atoms with Crippen molar-refractivity contribution in [1.82, 2.24) is 0 Å². The second-order valence-corrected chi connectivity index (χ2v) is 3.15. The van der Waals surface area contributed by atoms with Crippen LogP contribution in [-0.4, -0.2) is 12.4 Å². The Balaban J connectivity index is 2.68. The maximum absolute atomic E-state index is 5.49. The standard InChI is InChI=1S/C12H14OS/c1-2-8-13-12-7-3-5-11(10-12)6-4-9-14/h3,5,7,10,14H,2,8-9H2,1H3.